The van der Waals surface area contributed by atoms with E-state index in [-0.39, 0.29) is 6.61 Å². The Bertz CT molecular complexity index is 189. The van der Waals surface area contributed by atoms with Gasteiger partial charge in [0, 0.05) is 0 Å². The molecule has 0 amide bonds. The molecule has 0 atom stereocenters. The van der Waals surface area contributed by atoms with Gasteiger partial charge in [-0.25, -0.2) is 9.59 Å². The van der Waals surface area contributed by atoms with Crippen molar-refractivity contribution in [2.75, 3.05) is 6.61 Å². The Morgan fingerprint density at radius 3 is 2.36 bits per heavy atom. The number of carboxylic acids is 1. The third-order valence-electron chi connectivity index (χ3n) is 0.881. The van der Waals surface area contributed by atoms with Gasteiger partial charge in [-0.15, -0.1) is 0 Å². The summed E-state index contributed by atoms with van der Waals surface area (Å²) >= 11 is 0. The number of hydrogen-bond donors (Lipinski definition) is 1. The van der Waals surface area contributed by atoms with Crippen LogP contribution in [0.4, 0.5) is 0 Å². The minimum atomic E-state index is -1.56. The lowest BCUT2D eigenvalue weighted by Crippen LogP contribution is -2.16. The highest BCUT2D eigenvalue weighted by atomic mass is 16.6. The van der Waals surface area contributed by atoms with Crippen LogP contribution in [0.25, 0.3) is 0 Å². The van der Waals surface area contributed by atoms with Gasteiger partial charge in [-0.2, -0.15) is 0 Å². The number of carbonyl (C=O) groups excluding carboxylic acids is 1. The molecule has 0 fully saturated rings. The highest BCUT2D eigenvalue weighted by Crippen LogP contribution is 1.88. The van der Waals surface area contributed by atoms with Crippen molar-refractivity contribution in [2.24, 2.45) is 0 Å². The summed E-state index contributed by atoms with van der Waals surface area (Å²) in [5, 5.41) is 8.05. The maximum absolute atomic E-state index is 10.3. The SMILES string of the molecule is CC(C)=CCOC(=O)C(=O)O. The van der Waals surface area contributed by atoms with Crippen molar-refractivity contribution < 1.29 is 19.4 Å². The molecule has 1 N–H and O–H groups in total. The van der Waals surface area contributed by atoms with E-state index in [2.05, 4.69) is 4.74 Å². The molecule has 0 aliphatic heterocycles. The van der Waals surface area contributed by atoms with E-state index >= 15 is 0 Å². The first kappa shape index (κ1) is 9.68. The predicted octanol–water partition coefficient (Wildman–Crippen LogP) is 0.580. The lowest BCUT2D eigenvalue weighted by Gasteiger charge is -1.95. The average molecular weight is 158 g/mol. The van der Waals surface area contributed by atoms with E-state index in [9.17, 15) is 9.59 Å². The van der Waals surface area contributed by atoms with Crippen molar-refractivity contribution in [2.45, 2.75) is 13.8 Å². The molecular formula is C7H10O4. The van der Waals surface area contributed by atoms with Crippen LogP contribution in [0.1, 0.15) is 13.8 Å². The molecule has 62 valence electrons. The number of carboxylic acid groups (broad SMARTS) is 1. The summed E-state index contributed by atoms with van der Waals surface area (Å²) in [4.78, 5) is 20.2. The number of ether oxygens (including phenoxy) is 1. The molecule has 0 aliphatic carbocycles. The molecule has 4 nitrogen and oxygen atoms in total. The molecule has 0 bridgehead atoms. The van der Waals surface area contributed by atoms with Gasteiger partial charge in [-0.1, -0.05) is 5.57 Å². The van der Waals surface area contributed by atoms with E-state index in [1.165, 1.54) is 0 Å². The van der Waals surface area contributed by atoms with Crippen LogP contribution in [0.3, 0.4) is 0 Å². The van der Waals surface area contributed by atoms with Crippen LogP contribution in [0.15, 0.2) is 11.6 Å². The van der Waals surface area contributed by atoms with Gasteiger partial charge in [-0.05, 0) is 19.9 Å². The summed E-state index contributed by atoms with van der Waals surface area (Å²) in [6.07, 6.45) is 1.63. The summed E-state index contributed by atoms with van der Waals surface area (Å²) in [6, 6.07) is 0. The second-order valence-corrected chi connectivity index (χ2v) is 2.19. The molecule has 0 radical (unpaired) electrons. The average Bonchev–Trinajstić information content (AvgIpc) is 1.86. The van der Waals surface area contributed by atoms with Gasteiger partial charge in [0.25, 0.3) is 0 Å². The predicted molar refractivity (Wildman–Crippen MR) is 38.0 cm³/mol. The van der Waals surface area contributed by atoms with Crippen LogP contribution in [0, 0.1) is 0 Å². The monoisotopic (exact) mass is 158 g/mol. The lowest BCUT2D eigenvalue weighted by atomic mass is 10.3. The largest absolute Gasteiger partial charge is 0.473 e. The fourth-order valence-corrected chi connectivity index (χ4v) is 0.346. The van der Waals surface area contributed by atoms with Crippen molar-refractivity contribution in [1.29, 1.82) is 0 Å². The van der Waals surface area contributed by atoms with Crippen LogP contribution in [0.5, 0.6) is 0 Å². The van der Waals surface area contributed by atoms with Crippen LogP contribution < -0.4 is 0 Å². The molecular weight excluding hydrogens is 148 g/mol. The second-order valence-electron chi connectivity index (χ2n) is 2.19. The zero-order valence-corrected chi connectivity index (χ0v) is 6.46. The van der Waals surface area contributed by atoms with Crippen molar-refractivity contribution in [3.63, 3.8) is 0 Å². The lowest BCUT2D eigenvalue weighted by molar-refractivity contribution is -0.163. The number of hydrogen-bond acceptors (Lipinski definition) is 3. The third-order valence-corrected chi connectivity index (χ3v) is 0.881. The second kappa shape index (κ2) is 4.49. The van der Waals surface area contributed by atoms with Gasteiger partial charge < -0.3 is 9.84 Å². The molecule has 0 aromatic carbocycles. The number of allylic oxidation sites excluding steroid dienone is 1. The van der Waals surface area contributed by atoms with Crippen molar-refractivity contribution in [1.82, 2.24) is 0 Å². The Morgan fingerprint density at radius 2 is 2.00 bits per heavy atom. The maximum Gasteiger partial charge on any atom is 0.417 e. The first-order valence-corrected chi connectivity index (χ1v) is 3.07. The molecule has 0 rings (SSSR count). The van der Waals surface area contributed by atoms with E-state index in [1.54, 1.807) is 6.08 Å². The number of rotatable bonds is 2. The molecule has 0 aromatic heterocycles. The van der Waals surface area contributed by atoms with Crippen LogP contribution in [-0.4, -0.2) is 23.7 Å². The zero-order chi connectivity index (χ0) is 8.85. The van der Waals surface area contributed by atoms with Crippen molar-refractivity contribution in [3.05, 3.63) is 11.6 Å². The van der Waals surface area contributed by atoms with Gasteiger partial charge in [0.2, 0.25) is 0 Å². The quantitative estimate of drug-likeness (QED) is 0.362. The molecule has 0 heterocycles. The van der Waals surface area contributed by atoms with E-state index in [4.69, 9.17) is 5.11 Å². The maximum atomic E-state index is 10.3. The van der Waals surface area contributed by atoms with Gasteiger partial charge in [0.15, 0.2) is 0 Å². The number of carbonyl (C=O) groups is 2. The highest BCUT2D eigenvalue weighted by molar-refractivity contribution is 6.28. The van der Waals surface area contributed by atoms with Crippen molar-refractivity contribution in [3.8, 4) is 0 Å². The smallest absolute Gasteiger partial charge is 0.417 e. The zero-order valence-electron chi connectivity index (χ0n) is 6.46. The first-order valence-electron chi connectivity index (χ1n) is 3.07. The fourth-order valence-electron chi connectivity index (χ4n) is 0.346. The van der Waals surface area contributed by atoms with Gasteiger partial charge in [0.05, 0.1) is 0 Å². The third kappa shape index (κ3) is 5.14. The Kier molecular flexibility index (Phi) is 3.95. The molecule has 11 heavy (non-hydrogen) atoms. The first-order chi connectivity index (χ1) is 5.04. The Labute approximate surface area is 64.5 Å². The minimum Gasteiger partial charge on any atom is -0.473 e. The Balaban J connectivity index is 3.64. The minimum absolute atomic E-state index is 0.0213. The van der Waals surface area contributed by atoms with E-state index in [1.807, 2.05) is 13.8 Å². The van der Waals surface area contributed by atoms with Crippen LogP contribution in [0.2, 0.25) is 0 Å². The number of esters is 1. The van der Waals surface area contributed by atoms with E-state index in [0.717, 1.165) is 5.57 Å². The Hall–Kier alpha value is -1.32. The summed E-state index contributed by atoms with van der Waals surface area (Å²) in [5.74, 6) is -2.78. The summed E-state index contributed by atoms with van der Waals surface area (Å²) < 4.78 is 4.30. The standard InChI is InChI=1S/C7H10O4/c1-5(2)3-4-11-7(10)6(8)9/h3H,4H2,1-2H3,(H,8,9). The molecule has 0 aliphatic rings. The van der Waals surface area contributed by atoms with Crippen molar-refractivity contribution >= 4 is 11.9 Å². The van der Waals surface area contributed by atoms with Gasteiger partial charge in [0.1, 0.15) is 6.61 Å². The molecule has 0 saturated heterocycles. The van der Waals surface area contributed by atoms with Gasteiger partial charge in [-0.3, -0.25) is 0 Å². The fraction of sp³-hybridized carbons (Fsp3) is 0.429. The molecule has 4 heteroatoms. The van der Waals surface area contributed by atoms with Crippen LogP contribution in [-0.2, 0) is 14.3 Å². The van der Waals surface area contributed by atoms with E-state index in [0.29, 0.717) is 0 Å². The van der Waals surface area contributed by atoms with Gasteiger partial charge >= 0.3 is 11.9 Å². The summed E-state index contributed by atoms with van der Waals surface area (Å²) in [5.41, 5.74) is 0.975. The van der Waals surface area contributed by atoms with E-state index < -0.39 is 11.9 Å². The molecule has 0 unspecified atom stereocenters. The summed E-state index contributed by atoms with van der Waals surface area (Å²) in [6.45, 7) is 3.68. The van der Waals surface area contributed by atoms with Crippen LogP contribution >= 0.6 is 0 Å². The molecule has 0 spiro atoms. The Morgan fingerprint density at radius 1 is 1.45 bits per heavy atom. The number of aliphatic carboxylic acids is 1. The topological polar surface area (TPSA) is 63.6 Å². The highest BCUT2D eigenvalue weighted by Gasteiger charge is 2.10. The molecule has 0 saturated carbocycles. The molecule has 0 aromatic rings. The summed E-state index contributed by atoms with van der Waals surface area (Å²) in [7, 11) is 0. The normalized spacial score (nSPS) is 8.55.